The SMILES string of the molecule is CC(C)(Cc1ccc(Cc2cc(O)ncn2)cc1)OC(N)=O. The van der Waals surface area contributed by atoms with Gasteiger partial charge in [0, 0.05) is 18.9 Å². The van der Waals surface area contributed by atoms with Gasteiger partial charge < -0.3 is 15.6 Å². The Morgan fingerprint density at radius 1 is 1.23 bits per heavy atom. The van der Waals surface area contributed by atoms with Gasteiger partial charge in [0.1, 0.15) is 11.9 Å². The zero-order valence-electron chi connectivity index (χ0n) is 12.6. The first-order valence-corrected chi connectivity index (χ1v) is 6.90. The van der Waals surface area contributed by atoms with Crippen molar-refractivity contribution in [2.75, 3.05) is 0 Å². The minimum Gasteiger partial charge on any atom is -0.493 e. The lowest BCUT2D eigenvalue weighted by atomic mass is 9.97. The van der Waals surface area contributed by atoms with Crippen molar-refractivity contribution >= 4 is 6.09 Å². The molecule has 0 atom stereocenters. The van der Waals surface area contributed by atoms with E-state index in [9.17, 15) is 9.90 Å². The minimum absolute atomic E-state index is 0.0352. The predicted molar refractivity (Wildman–Crippen MR) is 81.4 cm³/mol. The van der Waals surface area contributed by atoms with Gasteiger partial charge in [-0.1, -0.05) is 24.3 Å². The lowest BCUT2D eigenvalue weighted by Crippen LogP contribution is -2.33. The molecule has 1 aromatic carbocycles. The van der Waals surface area contributed by atoms with Crippen molar-refractivity contribution in [2.24, 2.45) is 5.73 Å². The Balaban J connectivity index is 2.02. The second-order valence-electron chi connectivity index (χ2n) is 5.72. The van der Waals surface area contributed by atoms with E-state index in [0.717, 1.165) is 16.8 Å². The van der Waals surface area contributed by atoms with Crippen LogP contribution in [-0.2, 0) is 17.6 Å². The number of nitrogens with zero attached hydrogens (tertiary/aromatic N) is 2. The number of carbonyl (C=O) groups excluding carboxylic acids is 1. The number of primary amides is 1. The second kappa shape index (κ2) is 6.43. The number of rotatable bonds is 5. The van der Waals surface area contributed by atoms with Crippen LogP contribution in [0.15, 0.2) is 36.7 Å². The molecule has 6 nitrogen and oxygen atoms in total. The summed E-state index contributed by atoms with van der Waals surface area (Å²) in [5.74, 6) is -0.0352. The molecule has 0 saturated carbocycles. The number of aromatic hydroxyl groups is 1. The van der Waals surface area contributed by atoms with E-state index >= 15 is 0 Å². The average molecular weight is 301 g/mol. The van der Waals surface area contributed by atoms with Gasteiger partial charge in [-0.25, -0.2) is 14.8 Å². The third-order valence-electron chi connectivity index (χ3n) is 3.12. The average Bonchev–Trinajstić information content (AvgIpc) is 2.39. The van der Waals surface area contributed by atoms with Crippen LogP contribution in [0, 0.1) is 0 Å². The Morgan fingerprint density at radius 3 is 2.45 bits per heavy atom. The number of hydrogen-bond donors (Lipinski definition) is 2. The first-order chi connectivity index (χ1) is 10.3. The third kappa shape index (κ3) is 4.73. The maximum Gasteiger partial charge on any atom is 0.405 e. The van der Waals surface area contributed by atoms with E-state index in [1.807, 2.05) is 38.1 Å². The number of ether oxygens (including phenoxy) is 1. The summed E-state index contributed by atoms with van der Waals surface area (Å²) in [5.41, 5.74) is 7.27. The Kier molecular flexibility index (Phi) is 4.60. The normalized spacial score (nSPS) is 11.2. The number of amides is 1. The van der Waals surface area contributed by atoms with Gasteiger partial charge in [-0.3, -0.25) is 0 Å². The van der Waals surface area contributed by atoms with Crippen LogP contribution in [0.5, 0.6) is 5.88 Å². The molecule has 1 amide bonds. The van der Waals surface area contributed by atoms with Crippen molar-refractivity contribution in [1.29, 1.82) is 0 Å². The van der Waals surface area contributed by atoms with Crippen molar-refractivity contribution in [3.05, 3.63) is 53.5 Å². The summed E-state index contributed by atoms with van der Waals surface area (Å²) < 4.78 is 5.07. The first-order valence-electron chi connectivity index (χ1n) is 6.90. The summed E-state index contributed by atoms with van der Waals surface area (Å²) in [4.78, 5) is 18.6. The number of hydrogen-bond acceptors (Lipinski definition) is 5. The molecular weight excluding hydrogens is 282 g/mol. The topological polar surface area (TPSA) is 98.3 Å². The zero-order chi connectivity index (χ0) is 16.2. The first kappa shape index (κ1) is 15.8. The fourth-order valence-electron chi connectivity index (χ4n) is 2.27. The van der Waals surface area contributed by atoms with E-state index in [1.54, 1.807) is 0 Å². The summed E-state index contributed by atoms with van der Waals surface area (Å²) in [7, 11) is 0. The molecule has 22 heavy (non-hydrogen) atoms. The molecular formula is C16H19N3O3. The summed E-state index contributed by atoms with van der Waals surface area (Å²) >= 11 is 0. The summed E-state index contributed by atoms with van der Waals surface area (Å²) in [6.07, 6.45) is 1.75. The maximum absolute atomic E-state index is 10.9. The van der Waals surface area contributed by atoms with Gasteiger partial charge in [0.05, 0.1) is 5.69 Å². The van der Waals surface area contributed by atoms with Gasteiger partial charge in [0.15, 0.2) is 0 Å². The molecule has 6 heteroatoms. The molecule has 2 rings (SSSR count). The summed E-state index contributed by atoms with van der Waals surface area (Å²) in [5, 5.41) is 9.33. The molecule has 3 N–H and O–H groups in total. The zero-order valence-corrected chi connectivity index (χ0v) is 12.6. The van der Waals surface area contributed by atoms with Crippen molar-refractivity contribution < 1.29 is 14.6 Å². The smallest absolute Gasteiger partial charge is 0.405 e. The quantitative estimate of drug-likeness (QED) is 0.882. The lowest BCUT2D eigenvalue weighted by molar-refractivity contribution is 0.0460. The monoisotopic (exact) mass is 301 g/mol. The van der Waals surface area contributed by atoms with E-state index in [0.29, 0.717) is 12.8 Å². The molecule has 0 radical (unpaired) electrons. The van der Waals surface area contributed by atoms with Crippen LogP contribution in [-0.4, -0.2) is 26.8 Å². The van der Waals surface area contributed by atoms with Gasteiger partial charge >= 0.3 is 6.09 Å². The van der Waals surface area contributed by atoms with Crippen LogP contribution in [0.25, 0.3) is 0 Å². The van der Waals surface area contributed by atoms with Crippen LogP contribution < -0.4 is 5.73 Å². The van der Waals surface area contributed by atoms with Crippen molar-refractivity contribution in [3.63, 3.8) is 0 Å². The van der Waals surface area contributed by atoms with Crippen molar-refractivity contribution in [3.8, 4) is 5.88 Å². The third-order valence-corrected chi connectivity index (χ3v) is 3.12. The van der Waals surface area contributed by atoms with E-state index in [4.69, 9.17) is 10.5 Å². The number of benzene rings is 1. The molecule has 1 aromatic heterocycles. The largest absolute Gasteiger partial charge is 0.493 e. The molecule has 0 aliphatic rings. The van der Waals surface area contributed by atoms with E-state index in [-0.39, 0.29) is 5.88 Å². The van der Waals surface area contributed by atoms with Crippen LogP contribution in [0.2, 0.25) is 0 Å². The van der Waals surface area contributed by atoms with E-state index in [1.165, 1.54) is 12.4 Å². The Hall–Kier alpha value is -2.63. The van der Waals surface area contributed by atoms with Crippen LogP contribution in [0.1, 0.15) is 30.7 Å². The standard InChI is InChI=1S/C16H19N3O3/c1-16(2,22-15(17)21)9-12-5-3-11(4-6-12)7-13-8-14(20)19-10-18-13/h3-6,8,10H,7,9H2,1-2H3,(H2,17,21)(H,18,19,20). The highest BCUT2D eigenvalue weighted by molar-refractivity contribution is 5.65. The summed E-state index contributed by atoms with van der Waals surface area (Å²) in [6.45, 7) is 3.63. The summed E-state index contributed by atoms with van der Waals surface area (Å²) in [6, 6.07) is 9.45. The fraction of sp³-hybridized carbons (Fsp3) is 0.312. The van der Waals surface area contributed by atoms with Crippen LogP contribution in [0.4, 0.5) is 4.79 Å². The number of nitrogens with two attached hydrogens (primary N) is 1. The highest BCUT2D eigenvalue weighted by atomic mass is 16.6. The highest BCUT2D eigenvalue weighted by Gasteiger charge is 2.22. The van der Waals surface area contributed by atoms with Gasteiger partial charge in [-0.2, -0.15) is 0 Å². The predicted octanol–water partition coefficient (Wildman–Crippen LogP) is 2.19. The maximum atomic E-state index is 10.9. The highest BCUT2D eigenvalue weighted by Crippen LogP contribution is 2.18. The molecule has 0 bridgehead atoms. The van der Waals surface area contributed by atoms with Gasteiger partial charge in [-0.05, 0) is 25.0 Å². The lowest BCUT2D eigenvalue weighted by Gasteiger charge is -2.24. The molecule has 0 aliphatic heterocycles. The molecule has 0 aliphatic carbocycles. The number of carbonyl (C=O) groups is 1. The van der Waals surface area contributed by atoms with Crippen molar-refractivity contribution in [2.45, 2.75) is 32.3 Å². The molecule has 1 heterocycles. The Bertz CT molecular complexity index is 654. The minimum atomic E-state index is -0.773. The number of aromatic nitrogens is 2. The molecule has 0 saturated heterocycles. The van der Waals surface area contributed by atoms with Crippen molar-refractivity contribution in [1.82, 2.24) is 9.97 Å². The Labute approximate surface area is 129 Å². The molecule has 0 spiro atoms. The molecule has 116 valence electrons. The molecule has 0 unspecified atom stereocenters. The van der Waals surface area contributed by atoms with E-state index in [2.05, 4.69) is 9.97 Å². The Morgan fingerprint density at radius 2 is 1.86 bits per heavy atom. The second-order valence-corrected chi connectivity index (χ2v) is 5.72. The molecule has 2 aromatic rings. The van der Waals surface area contributed by atoms with Crippen LogP contribution in [0.3, 0.4) is 0 Å². The van der Waals surface area contributed by atoms with E-state index < -0.39 is 11.7 Å². The van der Waals surface area contributed by atoms with Gasteiger partial charge in [-0.15, -0.1) is 0 Å². The molecule has 0 fully saturated rings. The van der Waals surface area contributed by atoms with Gasteiger partial charge in [0.25, 0.3) is 0 Å². The van der Waals surface area contributed by atoms with Gasteiger partial charge in [0.2, 0.25) is 5.88 Å². The fourth-order valence-corrected chi connectivity index (χ4v) is 2.27. The van der Waals surface area contributed by atoms with Crippen LogP contribution >= 0.6 is 0 Å².